The van der Waals surface area contributed by atoms with E-state index in [0.717, 1.165) is 22.6 Å². The average molecular weight is 603 g/mol. The maximum atomic E-state index is 14.0. The highest BCUT2D eigenvalue weighted by Crippen LogP contribution is 2.52. The van der Waals surface area contributed by atoms with Crippen molar-refractivity contribution in [3.63, 3.8) is 0 Å². The Bertz CT molecular complexity index is 1680. The minimum Gasteiger partial charge on any atom is -0.384 e. The number of benzene rings is 3. The van der Waals surface area contributed by atoms with Crippen LogP contribution < -0.4 is 10.6 Å². The number of aryl methyl sites for hydroxylation is 3. The molecule has 7 heteroatoms. The number of ketones is 1. The fourth-order valence-corrected chi connectivity index (χ4v) is 7.49. The number of carbonyl (C=O) groups excluding carboxylic acids is 1. The lowest BCUT2D eigenvalue weighted by Gasteiger charge is -2.44. The number of nitrogens with two attached hydrogens (primary N) is 1. The van der Waals surface area contributed by atoms with Crippen LogP contribution in [-0.4, -0.2) is 5.78 Å². The number of carbonyl (C=O) groups is 1. The molecule has 0 amide bonds. The van der Waals surface area contributed by atoms with Gasteiger partial charge in [0.2, 0.25) is 0 Å². The lowest BCUT2D eigenvalue weighted by molar-refractivity contribution is -0.118. The summed E-state index contributed by atoms with van der Waals surface area (Å²) in [5.41, 5.74) is 14.4. The molecular formula is C34H33Cl2N3OS. The van der Waals surface area contributed by atoms with Crippen molar-refractivity contribution in [1.82, 2.24) is 0 Å². The van der Waals surface area contributed by atoms with Gasteiger partial charge in [-0.15, -0.1) is 11.8 Å². The first kappa shape index (κ1) is 29.3. The highest BCUT2D eigenvalue weighted by Gasteiger charge is 2.45. The molecule has 3 aromatic carbocycles. The number of anilines is 1. The van der Waals surface area contributed by atoms with Gasteiger partial charge in [-0.25, -0.2) is 0 Å². The average Bonchev–Trinajstić information content (AvgIpc) is 2.90. The zero-order valence-corrected chi connectivity index (χ0v) is 26.3. The molecule has 0 aromatic heterocycles. The van der Waals surface area contributed by atoms with Crippen LogP contribution in [0.4, 0.5) is 5.69 Å². The Morgan fingerprint density at radius 2 is 1.76 bits per heavy atom. The number of allylic oxidation sites excluding steroid dienone is 3. The van der Waals surface area contributed by atoms with Crippen LogP contribution in [0.2, 0.25) is 10.0 Å². The maximum Gasteiger partial charge on any atom is 0.162 e. The minimum absolute atomic E-state index is 0.0282. The van der Waals surface area contributed by atoms with Gasteiger partial charge in [0, 0.05) is 28.3 Å². The molecular weight excluding hydrogens is 569 g/mol. The van der Waals surface area contributed by atoms with Gasteiger partial charge >= 0.3 is 0 Å². The third kappa shape index (κ3) is 5.42. The molecule has 1 unspecified atom stereocenters. The Hall–Kier alpha value is -3.17. The van der Waals surface area contributed by atoms with Gasteiger partial charge in [-0.05, 0) is 78.6 Å². The van der Waals surface area contributed by atoms with E-state index < -0.39 is 5.92 Å². The Labute approximate surface area is 256 Å². The third-order valence-corrected chi connectivity index (χ3v) is 10.1. The molecule has 0 saturated heterocycles. The molecule has 2 N–H and O–H groups in total. The number of nitrogens with zero attached hydrogens (tertiary/aromatic N) is 2. The van der Waals surface area contributed by atoms with E-state index in [2.05, 4.69) is 64.1 Å². The summed E-state index contributed by atoms with van der Waals surface area (Å²) in [4.78, 5) is 17.0. The van der Waals surface area contributed by atoms with Crippen molar-refractivity contribution in [3.8, 4) is 6.07 Å². The molecule has 1 aliphatic heterocycles. The third-order valence-electron chi connectivity index (χ3n) is 8.07. The van der Waals surface area contributed by atoms with E-state index in [1.54, 1.807) is 28.8 Å². The van der Waals surface area contributed by atoms with Crippen LogP contribution in [0.1, 0.15) is 60.4 Å². The molecule has 210 valence electrons. The number of hydrogen-bond acceptors (Lipinski definition) is 5. The van der Waals surface area contributed by atoms with E-state index in [9.17, 15) is 10.1 Å². The summed E-state index contributed by atoms with van der Waals surface area (Å²) in [6.45, 7) is 10.4. The molecule has 3 aromatic rings. The van der Waals surface area contributed by atoms with Crippen LogP contribution in [0.5, 0.6) is 0 Å². The predicted molar refractivity (Wildman–Crippen MR) is 170 cm³/mol. The molecule has 0 bridgehead atoms. The van der Waals surface area contributed by atoms with Gasteiger partial charge in [-0.1, -0.05) is 73.4 Å². The molecule has 2 aliphatic rings. The Balaban J connectivity index is 1.69. The lowest BCUT2D eigenvalue weighted by atomic mass is 9.68. The van der Waals surface area contributed by atoms with E-state index in [-0.39, 0.29) is 17.0 Å². The van der Waals surface area contributed by atoms with E-state index in [0.29, 0.717) is 39.7 Å². The topological polar surface area (TPSA) is 70.1 Å². The first-order chi connectivity index (χ1) is 19.4. The molecule has 5 rings (SSSR count). The zero-order valence-electron chi connectivity index (χ0n) is 23.9. The van der Waals surface area contributed by atoms with Crippen LogP contribution in [0.3, 0.4) is 0 Å². The van der Waals surface area contributed by atoms with Gasteiger partial charge in [0.15, 0.2) is 5.78 Å². The second kappa shape index (κ2) is 11.2. The van der Waals surface area contributed by atoms with Gasteiger partial charge in [0.25, 0.3) is 0 Å². The lowest BCUT2D eigenvalue weighted by Crippen LogP contribution is -2.42. The van der Waals surface area contributed by atoms with Gasteiger partial charge in [-0.2, -0.15) is 5.26 Å². The largest absolute Gasteiger partial charge is 0.384 e. The molecule has 4 nitrogen and oxygen atoms in total. The van der Waals surface area contributed by atoms with Crippen molar-refractivity contribution in [2.45, 2.75) is 64.0 Å². The molecule has 0 radical (unpaired) electrons. The van der Waals surface area contributed by atoms with Crippen molar-refractivity contribution in [3.05, 3.63) is 115 Å². The smallest absolute Gasteiger partial charge is 0.162 e. The van der Waals surface area contributed by atoms with E-state index in [4.69, 9.17) is 28.9 Å². The predicted octanol–water partition coefficient (Wildman–Crippen LogP) is 9.15. The second-order valence-corrected chi connectivity index (χ2v) is 13.5. The second-order valence-electron chi connectivity index (χ2n) is 11.7. The van der Waals surface area contributed by atoms with Crippen LogP contribution >= 0.6 is 35.0 Å². The van der Waals surface area contributed by atoms with Crippen molar-refractivity contribution in [1.29, 1.82) is 5.26 Å². The normalized spacial score (nSPS) is 18.4. The van der Waals surface area contributed by atoms with Gasteiger partial charge in [0.05, 0.1) is 33.3 Å². The van der Waals surface area contributed by atoms with E-state index in [1.165, 1.54) is 21.6 Å². The highest BCUT2D eigenvalue weighted by molar-refractivity contribution is 7.98. The summed E-state index contributed by atoms with van der Waals surface area (Å²) in [6.07, 6.45) is 0.993. The van der Waals surface area contributed by atoms with Crippen LogP contribution in [0.25, 0.3) is 0 Å². The molecule has 0 fully saturated rings. The van der Waals surface area contributed by atoms with Gasteiger partial charge < -0.3 is 5.73 Å². The first-order valence-electron chi connectivity index (χ1n) is 13.6. The molecule has 0 spiro atoms. The number of rotatable bonds is 5. The fourth-order valence-electron chi connectivity index (χ4n) is 6.02. The fraction of sp³-hybridized carbons (Fsp3) is 0.294. The van der Waals surface area contributed by atoms with Crippen molar-refractivity contribution in [2.75, 3.05) is 4.90 Å². The van der Waals surface area contributed by atoms with E-state index >= 15 is 0 Å². The maximum absolute atomic E-state index is 14.0. The van der Waals surface area contributed by atoms with Crippen molar-refractivity contribution in [2.24, 2.45) is 11.1 Å². The van der Waals surface area contributed by atoms with Crippen LogP contribution in [-0.2, 0) is 10.5 Å². The first-order valence-corrected chi connectivity index (χ1v) is 15.4. The molecule has 1 aliphatic carbocycles. The molecule has 0 saturated carbocycles. The Morgan fingerprint density at radius 3 is 2.46 bits per heavy atom. The monoisotopic (exact) mass is 601 g/mol. The summed E-state index contributed by atoms with van der Waals surface area (Å²) in [6, 6.07) is 20.4. The summed E-state index contributed by atoms with van der Waals surface area (Å²) >= 11 is 14.9. The molecule has 1 heterocycles. The number of nitriles is 1. The number of thioether (sulfide) groups is 1. The minimum atomic E-state index is -0.560. The van der Waals surface area contributed by atoms with Gasteiger partial charge in [0.1, 0.15) is 5.82 Å². The molecule has 1 atom stereocenters. The number of halogens is 2. The summed E-state index contributed by atoms with van der Waals surface area (Å²) in [7, 11) is 0. The number of Topliss-reactive ketones (excluding diaryl/α,β-unsaturated/α-hetero) is 1. The van der Waals surface area contributed by atoms with Crippen molar-refractivity contribution < 1.29 is 4.79 Å². The van der Waals surface area contributed by atoms with E-state index in [1.807, 2.05) is 19.1 Å². The highest BCUT2D eigenvalue weighted by atomic mass is 35.5. The zero-order chi connectivity index (χ0) is 29.6. The Morgan fingerprint density at radius 1 is 1.02 bits per heavy atom. The summed E-state index contributed by atoms with van der Waals surface area (Å²) in [5.74, 6) is 0.521. The quantitative estimate of drug-likeness (QED) is 0.295. The van der Waals surface area contributed by atoms with Gasteiger partial charge in [-0.3, -0.25) is 9.69 Å². The van der Waals surface area contributed by atoms with Crippen molar-refractivity contribution >= 4 is 46.4 Å². The summed E-state index contributed by atoms with van der Waals surface area (Å²) < 4.78 is 0. The van der Waals surface area contributed by atoms with Crippen LogP contribution in [0, 0.1) is 37.5 Å². The standard InChI is InChI=1S/C34H33Cl2N3OS/c1-19-9-6-7-12-29(19)41-18-22-14-23(21(3)13-20(22)2)30-24(17-37)33(38)39(26-11-8-10-25(35)32(26)36)27-15-34(4,5)16-28(40)31(27)30/h6-14,30H,15-16,18,38H2,1-5H3. The number of hydrogen-bond donors (Lipinski definition) is 1. The summed E-state index contributed by atoms with van der Waals surface area (Å²) in [5, 5.41) is 11.3. The Kier molecular flexibility index (Phi) is 8.05. The van der Waals surface area contributed by atoms with Crippen LogP contribution in [0.15, 0.2) is 82.2 Å². The molecule has 41 heavy (non-hydrogen) atoms. The SMILES string of the molecule is Cc1cc(C)c(C2C(C#N)=C(N)N(c3cccc(Cl)c3Cl)C3=C2C(=O)CC(C)(C)C3)cc1CSc1ccccc1C.